The second-order valence-electron chi connectivity index (χ2n) is 2.58. The van der Waals surface area contributed by atoms with Gasteiger partial charge >= 0.3 is 5.69 Å². The number of imidazole rings is 2. The van der Waals surface area contributed by atoms with E-state index in [1.807, 2.05) is 0 Å². The zero-order valence-corrected chi connectivity index (χ0v) is 7.58. The van der Waals surface area contributed by atoms with E-state index in [4.69, 9.17) is 22.4 Å². The molecule has 0 amide bonds. The van der Waals surface area contributed by atoms with Gasteiger partial charge in [-0.3, -0.25) is 4.98 Å². The van der Waals surface area contributed by atoms with Crippen molar-refractivity contribution in [1.29, 1.82) is 0 Å². The van der Waals surface area contributed by atoms with Crippen molar-refractivity contribution < 1.29 is 10.2 Å². The molecule has 2 rings (SSSR count). The lowest BCUT2D eigenvalue weighted by molar-refractivity contribution is 0.452. The summed E-state index contributed by atoms with van der Waals surface area (Å²) in [4.78, 5) is 15.8. The third-order valence-corrected chi connectivity index (χ3v) is 1.90. The fourth-order valence-corrected chi connectivity index (χ4v) is 1.31. The highest BCUT2D eigenvalue weighted by atomic mass is 32.1. The fourth-order valence-electron chi connectivity index (χ4n) is 1.07. The number of hydrogen-bond acceptors (Lipinski definition) is 4. The summed E-state index contributed by atoms with van der Waals surface area (Å²) in [6.07, 6.45) is 2.36. The number of aromatic hydroxyl groups is 2. The summed E-state index contributed by atoms with van der Waals surface area (Å²) in [6.45, 7) is 0. The summed E-state index contributed by atoms with van der Waals surface area (Å²) in [5, 5.41) is 18.1. The smallest absolute Gasteiger partial charge is 0.347 e. The molecule has 0 unspecified atom stereocenters. The van der Waals surface area contributed by atoms with E-state index in [1.54, 1.807) is 0 Å². The maximum atomic E-state index is 11.2. The Balaban J connectivity index is 2.71. The van der Waals surface area contributed by atoms with Gasteiger partial charge in [0.05, 0.1) is 12.4 Å². The molecule has 0 spiro atoms. The lowest BCUT2D eigenvalue weighted by Crippen LogP contribution is -2.22. The van der Waals surface area contributed by atoms with Crippen LogP contribution in [0.2, 0.25) is 0 Å². The molecule has 2 aromatic heterocycles. The summed E-state index contributed by atoms with van der Waals surface area (Å²) in [6, 6.07) is 0. The molecule has 0 saturated carbocycles. The van der Waals surface area contributed by atoms with Crippen molar-refractivity contribution in [3.8, 4) is 11.8 Å². The standard InChI is InChI=1S/C6H6N4O3S/c11-3-1-9(5(13)7-3)10-2-4(12)8-6(10)14/h1-2,11-12H,(H,7,13)(H,8,14). The van der Waals surface area contributed by atoms with Gasteiger partial charge < -0.3 is 15.2 Å². The second kappa shape index (κ2) is 2.77. The van der Waals surface area contributed by atoms with E-state index in [9.17, 15) is 4.79 Å². The number of hydrogen-bond donors (Lipinski definition) is 4. The van der Waals surface area contributed by atoms with Crippen molar-refractivity contribution in [2.45, 2.75) is 0 Å². The van der Waals surface area contributed by atoms with Crippen LogP contribution in [-0.2, 0) is 0 Å². The van der Waals surface area contributed by atoms with E-state index in [0.29, 0.717) is 0 Å². The molecule has 0 bridgehead atoms. The van der Waals surface area contributed by atoms with Crippen LogP contribution < -0.4 is 5.69 Å². The molecule has 0 aliphatic heterocycles. The van der Waals surface area contributed by atoms with Crippen molar-refractivity contribution in [3.63, 3.8) is 0 Å². The average Bonchev–Trinajstić information content (AvgIpc) is 2.55. The summed E-state index contributed by atoms with van der Waals surface area (Å²) in [7, 11) is 0. The number of rotatable bonds is 1. The molecule has 4 N–H and O–H groups in total. The zero-order valence-electron chi connectivity index (χ0n) is 6.76. The molecule has 8 heteroatoms. The Morgan fingerprint density at radius 3 is 2.14 bits per heavy atom. The largest absolute Gasteiger partial charge is 0.493 e. The summed E-state index contributed by atoms with van der Waals surface area (Å²) in [5.41, 5.74) is -0.558. The van der Waals surface area contributed by atoms with Crippen molar-refractivity contribution in [1.82, 2.24) is 19.3 Å². The first-order valence-corrected chi connectivity index (χ1v) is 4.00. The van der Waals surface area contributed by atoms with Gasteiger partial charge in [0.2, 0.25) is 11.8 Å². The van der Waals surface area contributed by atoms with Crippen LogP contribution >= 0.6 is 12.2 Å². The molecular formula is C6H6N4O3S. The quantitative estimate of drug-likeness (QED) is 0.492. The minimum Gasteiger partial charge on any atom is -0.493 e. The number of H-pyrrole nitrogens is 2. The summed E-state index contributed by atoms with van der Waals surface area (Å²) in [5.74, 6) is -0.444. The highest BCUT2D eigenvalue weighted by molar-refractivity contribution is 7.71. The fraction of sp³-hybridized carbons (Fsp3) is 0. The lowest BCUT2D eigenvalue weighted by Gasteiger charge is -1.97. The van der Waals surface area contributed by atoms with Gasteiger partial charge in [-0.2, -0.15) is 4.68 Å². The van der Waals surface area contributed by atoms with E-state index in [2.05, 4.69) is 9.97 Å². The SMILES string of the molecule is O=c1[nH]c(O)cn1-n1cc(O)[nH]c1=S. The summed E-state index contributed by atoms with van der Waals surface area (Å²) >= 11 is 4.82. The minimum absolute atomic E-state index is 0.142. The Bertz CT molecular complexity index is 522. The number of nitrogens with one attached hydrogen (secondary N) is 2. The maximum Gasteiger partial charge on any atom is 0.347 e. The topological polar surface area (TPSA) is 99.0 Å². The van der Waals surface area contributed by atoms with Gasteiger partial charge in [0, 0.05) is 0 Å². The van der Waals surface area contributed by atoms with Gasteiger partial charge in [-0.05, 0) is 12.2 Å². The van der Waals surface area contributed by atoms with E-state index in [1.165, 1.54) is 10.9 Å². The van der Waals surface area contributed by atoms with Crippen molar-refractivity contribution in [3.05, 3.63) is 27.6 Å². The number of nitrogens with zero attached hydrogens (tertiary/aromatic N) is 2. The second-order valence-corrected chi connectivity index (χ2v) is 2.96. The average molecular weight is 214 g/mol. The van der Waals surface area contributed by atoms with Crippen molar-refractivity contribution in [2.75, 3.05) is 0 Å². The minimum atomic E-state index is -0.558. The van der Waals surface area contributed by atoms with Gasteiger partial charge in [-0.25, -0.2) is 9.47 Å². The maximum absolute atomic E-state index is 11.2. The Morgan fingerprint density at radius 2 is 1.71 bits per heavy atom. The first-order valence-electron chi connectivity index (χ1n) is 3.60. The molecule has 2 heterocycles. The van der Waals surface area contributed by atoms with Crippen LogP contribution in [0.4, 0.5) is 0 Å². The van der Waals surface area contributed by atoms with Gasteiger partial charge in [-0.1, -0.05) is 0 Å². The van der Waals surface area contributed by atoms with E-state index >= 15 is 0 Å². The molecule has 0 fully saturated rings. The van der Waals surface area contributed by atoms with Crippen LogP contribution in [0.3, 0.4) is 0 Å². The van der Waals surface area contributed by atoms with Crippen LogP contribution in [-0.4, -0.2) is 29.5 Å². The Morgan fingerprint density at radius 1 is 1.14 bits per heavy atom. The predicted octanol–water partition coefficient (Wildman–Crippen LogP) is -0.242. The molecular weight excluding hydrogens is 208 g/mol. The van der Waals surface area contributed by atoms with Gasteiger partial charge in [0.15, 0.2) is 4.77 Å². The molecule has 0 aliphatic carbocycles. The van der Waals surface area contributed by atoms with E-state index in [0.717, 1.165) is 10.9 Å². The van der Waals surface area contributed by atoms with Gasteiger partial charge in [0.25, 0.3) is 0 Å². The molecule has 0 aromatic carbocycles. The first kappa shape index (κ1) is 8.63. The molecule has 0 atom stereocenters. The highest BCUT2D eigenvalue weighted by Gasteiger charge is 2.05. The molecule has 14 heavy (non-hydrogen) atoms. The van der Waals surface area contributed by atoms with Crippen molar-refractivity contribution >= 4 is 12.2 Å². The predicted molar refractivity (Wildman–Crippen MR) is 48.8 cm³/mol. The molecule has 0 aliphatic rings. The molecule has 7 nitrogen and oxygen atoms in total. The molecule has 0 radical (unpaired) electrons. The molecule has 74 valence electrons. The monoisotopic (exact) mass is 214 g/mol. The number of aromatic amines is 2. The Labute approximate surface area is 81.8 Å². The normalized spacial score (nSPS) is 10.6. The van der Waals surface area contributed by atoms with Crippen LogP contribution in [0.1, 0.15) is 0 Å². The number of aromatic nitrogens is 4. The Hall–Kier alpha value is -1.96. The van der Waals surface area contributed by atoms with Crippen molar-refractivity contribution in [2.24, 2.45) is 0 Å². The van der Waals surface area contributed by atoms with Crippen LogP contribution in [0.15, 0.2) is 17.2 Å². The van der Waals surface area contributed by atoms with Gasteiger partial charge in [0.1, 0.15) is 0 Å². The highest BCUT2D eigenvalue weighted by Crippen LogP contribution is 2.06. The van der Waals surface area contributed by atoms with E-state index in [-0.39, 0.29) is 16.5 Å². The van der Waals surface area contributed by atoms with Crippen LogP contribution in [0.5, 0.6) is 11.8 Å². The third-order valence-electron chi connectivity index (χ3n) is 1.61. The van der Waals surface area contributed by atoms with Crippen LogP contribution in [0.25, 0.3) is 0 Å². The molecule has 2 aromatic rings. The summed E-state index contributed by atoms with van der Waals surface area (Å²) < 4.78 is 2.35. The lowest BCUT2D eigenvalue weighted by atomic mass is 10.8. The molecule has 0 saturated heterocycles. The van der Waals surface area contributed by atoms with E-state index < -0.39 is 5.69 Å². The third kappa shape index (κ3) is 1.21. The van der Waals surface area contributed by atoms with Gasteiger partial charge in [-0.15, -0.1) is 0 Å². The first-order chi connectivity index (χ1) is 6.58. The Kier molecular flexibility index (Phi) is 1.71. The zero-order chi connectivity index (χ0) is 10.3. The van der Waals surface area contributed by atoms with Crippen LogP contribution in [0, 0.1) is 4.77 Å².